The van der Waals surface area contributed by atoms with E-state index in [-0.39, 0.29) is 5.91 Å². The first-order chi connectivity index (χ1) is 10.2. The Hall–Kier alpha value is -2.03. The summed E-state index contributed by atoms with van der Waals surface area (Å²) in [4.78, 5) is 11.4. The fourth-order valence-corrected chi connectivity index (χ4v) is 1.79. The minimum absolute atomic E-state index is 0.0981. The van der Waals surface area contributed by atoms with E-state index in [1.807, 2.05) is 43.3 Å². The number of hydrogen-bond donors (Lipinski definition) is 1. The molecule has 0 fully saturated rings. The molecule has 2 aromatic rings. The fourth-order valence-electron chi connectivity index (χ4n) is 1.79. The van der Waals surface area contributed by atoms with E-state index in [1.165, 1.54) is 6.42 Å². The molecule has 3 nitrogen and oxygen atoms in total. The van der Waals surface area contributed by atoms with Crippen molar-refractivity contribution in [3.63, 3.8) is 0 Å². The van der Waals surface area contributed by atoms with Crippen LogP contribution in [0.15, 0.2) is 47.1 Å². The van der Waals surface area contributed by atoms with Crippen LogP contribution in [-0.4, -0.2) is 5.91 Å². The summed E-state index contributed by atoms with van der Waals surface area (Å²) in [5.74, 6) is 0.942. The van der Waals surface area contributed by atoms with Crippen molar-refractivity contribution in [1.29, 1.82) is 0 Å². The highest BCUT2D eigenvalue weighted by atomic mass is 16.3. The number of hydrogen-bond acceptors (Lipinski definition) is 2. The molecule has 0 spiro atoms. The van der Waals surface area contributed by atoms with Gasteiger partial charge in [0, 0.05) is 18.5 Å². The predicted octanol–water partition coefficient (Wildman–Crippen LogP) is 4.78. The van der Waals surface area contributed by atoms with Crippen LogP contribution in [0.3, 0.4) is 0 Å². The lowest BCUT2D eigenvalue weighted by Gasteiger charge is -2.05. The van der Waals surface area contributed by atoms with Gasteiger partial charge in [-0.15, -0.1) is 0 Å². The second-order valence-electron chi connectivity index (χ2n) is 4.91. The van der Waals surface area contributed by atoms with Gasteiger partial charge in [0.1, 0.15) is 5.76 Å². The molecule has 0 atom stereocenters. The summed E-state index contributed by atoms with van der Waals surface area (Å²) in [6, 6.07) is 11.8. The minimum atomic E-state index is 0.0981. The molecular formula is C18H25NO2. The topological polar surface area (TPSA) is 42.2 Å². The maximum atomic E-state index is 11.4. The Morgan fingerprint density at radius 1 is 1.14 bits per heavy atom. The summed E-state index contributed by atoms with van der Waals surface area (Å²) in [5.41, 5.74) is 2.11. The molecular weight excluding hydrogens is 262 g/mol. The van der Waals surface area contributed by atoms with Gasteiger partial charge in [-0.3, -0.25) is 4.79 Å². The highest BCUT2D eigenvalue weighted by Crippen LogP contribution is 2.20. The van der Waals surface area contributed by atoms with Crippen molar-refractivity contribution in [2.45, 2.75) is 46.6 Å². The normalized spacial score (nSPS) is 9.67. The van der Waals surface area contributed by atoms with Crippen LogP contribution in [0.25, 0.3) is 11.3 Å². The average Bonchev–Trinajstić information content (AvgIpc) is 3.01. The van der Waals surface area contributed by atoms with Crippen molar-refractivity contribution < 1.29 is 9.21 Å². The van der Waals surface area contributed by atoms with Gasteiger partial charge < -0.3 is 9.73 Å². The third-order valence-corrected chi connectivity index (χ3v) is 2.70. The number of benzene rings is 1. The Balaban J connectivity index is 0.000000677. The Bertz CT molecular complexity index is 518. The fraction of sp³-hybridized carbons (Fsp3) is 0.389. The lowest BCUT2D eigenvalue weighted by Crippen LogP contribution is -2.21. The molecule has 0 bridgehead atoms. The Morgan fingerprint density at radius 3 is 2.52 bits per heavy atom. The van der Waals surface area contributed by atoms with E-state index in [2.05, 4.69) is 19.2 Å². The monoisotopic (exact) mass is 287 g/mol. The second kappa shape index (κ2) is 9.81. The molecule has 1 aromatic heterocycles. The number of carbonyl (C=O) groups is 1. The number of furan rings is 1. The Morgan fingerprint density at radius 2 is 1.90 bits per heavy atom. The zero-order valence-electron chi connectivity index (χ0n) is 13.2. The number of amides is 1. The third-order valence-electron chi connectivity index (χ3n) is 2.70. The molecule has 0 saturated carbocycles. The molecule has 3 heteroatoms. The van der Waals surface area contributed by atoms with Gasteiger partial charge in [0.25, 0.3) is 0 Å². The summed E-state index contributed by atoms with van der Waals surface area (Å²) in [6.07, 6.45) is 4.36. The first-order valence-corrected chi connectivity index (χ1v) is 7.60. The third kappa shape index (κ3) is 6.30. The number of rotatable bonds is 5. The van der Waals surface area contributed by atoms with Crippen LogP contribution < -0.4 is 5.32 Å². The minimum Gasteiger partial charge on any atom is -0.464 e. The maximum absolute atomic E-state index is 11.4. The lowest BCUT2D eigenvalue weighted by molar-refractivity contribution is -0.121. The second-order valence-corrected chi connectivity index (χ2v) is 4.91. The predicted molar refractivity (Wildman–Crippen MR) is 86.9 cm³/mol. The van der Waals surface area contributed by atoms with Gasteiger partial charge in [0.15, 0.2) is 0 Å². The Labute approximate surface area is 127 Å². The first kappa shape index (κ1) is 17.0. The summed E-state index contributed by atoms with van der Waals surface area (Å²) in [7, 11) is 0. The van der Waals surface area contributed by atoms with Gasteiger partial charge in [-0.2, -0.15) is 0 Å². The summed E-state index contributed by atoms with van der Waals surface area (Å²) in [6.45, 7) is 6.81. The van der Waals surface area contributed by atoms with Gasteiger partial charge in [0.05, 0.1) is 6.26 Å². The van der Waals surface area contributed by atoms with E-state index in [0.717, 1.165) is 23.3 Å². The van der Waals surface area contributed by atoms with Crippen molar-refractivity contribution in [2.75, 3.05) is 0 Å². The van der Waals surface area contributed by atoms with Crippen LogP contribution in [-0.2, 0) is 11.3 Å². The highest BCUT2D eigenvalue weighted by Gasteiger charge is 2.03. The molecule has 114 valence electrons. The van der Waals surface area contributed by atoms with Gasteiger partial charge in [-0.1, -0.05) is 45.4 Å². The summed E-state index contributed by atoms with van der Waals surface area (Å²) in [5, 5.41) is 2.90. The molecule has 0 radical (unpaired) electrons. The lowest BCUT2D eigenvalue weighted by atomic mass is 10.1. The maximum Gasteiger partial charge on any atom is 0.220 e. The van der Waals surface area contributed by atoms with Crippen LogP contribution in [0.2, 0.25) is 0 Å². The smallest absolute Gasteiger partial charge is 0.220 e. The van der Waals surface area contributed by atoms with Crippen LogP contribution in [0.5, 0.6) is 0 Å². The van der Waals surface area contributed by atoms with Crippen LogP contribution in [0.4, 0.5) is 0 Å². The van der Waals surface area contributed by atoms with Crippen molar-refractivity contribution in [3.05, 3.63) is 48.2 Å². The molecule has 0 aliphatic heterocycles. The zero-order valence-corrected chi connectivity index (χ0v) is 13.2. The number of nitrogens with one attached hydrogen (secondary N) is 1. The van der Waals surface area contributed by atoms with Gasteiger partial charge in [-0.05, 0) is 30.2 Å². The quantitative estimate of drug-likeness (QED) is 0.860. The number of carbonyl (C=O) groups excluding carboxylic acids is 1. The van der Waals surface area contributed by atoms with E-state index >= 15 is 0 Å². The van der Waals surface area contributed by atoms with Crippen LogP contribution in [0, 0.1) is 0 Å². The van der Waals surface area contributed by atoms with Gasteiger partial charge >= 0.3 is 0 Å². The molecule has 1 amide bonds. The molecule has 2 rings (SSSR count). The van der Waals surface area contributed by atoms with Crippen LogP contribution >= 0.6 is 0 Å². The first-order valence-electron chi connectivity index (χ1n) is 7.60. The van der Waals surface area contributed by atoms with E-state index in [0.29, 0.717) is 13.0 Å². The van der Waals surface area contributed by atoms with E-state index < -0.39 is 0 Å². The summed E-state index contributed by atoms with van der Waals surface area (Å²) < 4.78 is 5.35. The highest BCUT2D eigenvalue weighted by molar-refractivity contribution is 5.75. The van der Waals surface area contributed by atoms with Gasteiger partial charge in [0.2, 0.25) is 5.91 Å². The van der Waals surface area contributed by atoms with Crippen molar-refractivity contribution in [3.8, 4) is 11.3 Å². The van der Waals surface area contributed by atoms with Crippen molar-refractivity contribution in [1.82, 2.24) is 5.32 Å². The molecule has 21 heavy (non-hydrogen) atoms. The molecule has 0 saturated heterocycles. The van der Waals surface area contributed by atoms with E-state index in [1.54, 1.807) is 6.26 Å². The molecule has 1 heterocycles. The van der Waals surface area contributed by atoms with Crippen molar-refractivity contribution in [2.24, 2.45) is 0 Å². The summed E-state index contributed by atoms with van der Waals surface area (Å²) >= 11 is 0. The average molecular weight is 287 g/mol. The largest absolute Gasteiger partial charge is 0.464 e. The molecule has 1 N–H and O–H groups in total. The zero-order chi connectivity index (χ0) is 15.5. The Kier molecular flexibility index (Phi) is 7.95. The van der Waals surface area contributed by atoms with E-state index in [4.69, 9.17) is 4.42 Å². The molecule has 0 aliphatic rings. The van der Waals surface area contributed by atoms with Crippen molar-refractivity contribution >= 4 is 5.91 Å². The molecule has 0 unspecified atom stereocenters. The van der Waals surface area contributed by atoms with Gasteiger partial charge in [-0.25, -0.2) is 0 Å². The van der Waals surface area contributed by atoms with Crippen LogP contribution in [0.1, 0.15) is 45.6 Å². The molecule has 1 aromatic carbocycles. The SMILES string of the molecule is CCC.CCCC(=O)NCc1cccc(-c2ccco2)c1. The standard InChI is InChI=1S/C15H17NO2.C3H8/c1-2-5-15(17)16-11-12-6-3-7-13(10-12)14-8-4-9-18-14;1-3-2/h3-4,6-10H,2,5,11H2,1H3,(H,16,17);3H2,1-2H3. The van der Waals surface area contributed by atoms with E-state index in [9.17, 15) is 4.79 Å². The molecule has 0 aliphatic carbocycles.